The van der Waals surface area contributed by atoms with Crippen molar-refractivity contribution in [3.63, 3.8) is 0 Å². The van der Waals surface area contributed by atoms with Gasteiger partial charge in [0.15, 0.2) is 0 Å². The lowest BCUT2D eigenvalue weighted by Crippen LogP contribution is -2.15. The van der Waals surface area contributed by atoms with Gasteiger partial charge in [0.1, 0.15) is 5.03 Å². The Labute approximate surface area is 114 Å². The summed E-state index contributed by atoms with van der Waals surface area (Å²) in [6.45, 7) is 1.16. The molecular formula is C15H22N2S. The Hall–Kier alpha value is -0.540. The second-order valence-electron chi connectivity index (χ2n) is 5.42. The molecule has 1 saturated heterocycles. The smallest absolute Gasteiger partial charge is 0.101 e. The van der Waals surface area contributed by atoms with Crippen LogP contribution in [-0.2, 0) is 0 Å². The number of thioether (sulfide) groups is 1. The van der Waals surface area contributed by atoms with E-state index in [4.69, 9.17) is 0 Å². The molecule has 2 heterocycles. The van der Waals surface area contributed by atoms with E-state index in [0.29, 0.717) is 6.04 Å². The molecule has 0 bridgehead atoms. The number of hydrogen-bond donors (Lipinski definition) is 1. The van der Waals surface area contributed by atoms with Crippen LogP contribution in [0.1, 0.15) is 56.6 Å². The fourth-order valence-electron chi connectivity index (χ4n) is 3.06. The summed E-state index contributed by atoms with van der Waals surface area (Å²) in [4.78, 5) is 4.64. The molecule has 1 aliphatic heterocycles. The quantitative estimate of drug-likeness (QED) is 0.893. The van der Waals surface area contributed by atoms with E-state index in [9.17, 15) is 0 Å². The molecule has 0 spiro atoms. The maximum Gasteiger partial charge on any atom is 0.101 e. The minimum atomic E-state index is 0.546. The third-order valence-electron chi connectivity index (χ3n) is 4.07. The van der Waals surface area contributed by atoms with Crippen LogP contribution in [0, 0.1) is 0 Å². The molecule has 3 heteroatoms. The Morgan fingerprint density at radius 2 is 2.00 bits per heavy atom. The van der Waals surface area contributed by atoms with Gasteiger partial charge < -0.3 is 5.32 Å². The van der Waals surface area contributed by atoms with E-state index < -0.39 is 0 Å². The molecule has 1 atom stereocenters. The molecule has 98 valence electrons. The van der Waals surface area contributed by atoms with Crippen molar-refractivity contribution in [2.24, 2.45) is 0 Å². The van der Waals surface area contributed by atoms with E-state index in [1.165, 1.54) is 55.5 Å². The largest absolute Gasteiger partial charge is 0.310 e. The van der Waals surface area contributed by atoms with Gasteiger partial charge in [0.25, 0.3) is 0 Å². The Balaban J connectivity index is 1.73. The number of nitrogens with zero attached hydrogens (tertiary/aromatic N) is 1. The molecule has 1 aromatic heterocycles. The van der Waals surface area contributed by atoms with Crippen LogP contribution in [0.2, 0.25) is 0 Å². The van der Waals surface area contributed by atoms with Gasteiger partial charge in [0, 0.05) is 23.1 Å². The van der Waals surface area contributed by atoms with Crippen LogP contribution in [0.3, 0.4) is 0 Å². The Kier molecular flexibility index (Phi) is 4.21. The zero-order valence-electron chi connectivity index (χ0n) is 10.9. The number of pyridine rings is 1. The van der Waals surface area contributed by atoms with Crippen LogP contribution in [-0.4, -0.2) is 16.8 Å². The molecule has 18 heavy (non-hydrogen) atoms. The first-order valence-electron chi connectivity index (χ1n) is 7.28. The summed E-state index contributed by atoms with van der Waals surface area (Å²) >= 11 is 2.03. The number of aromatic nitrogens is 1. The Bertz CT molecular complexity index is 382. The van der Waals surface area contributed by atoms with Crippen LogP contribution >= 0.6 is 11.8 Å². The van der Waals surface area contributed by atoms with Gasteiger partial charge in [0.05, 0.1) is 0 Å². The van der Waals surface area contributed by atoms with Crippen LogP contribution in [0.15, 0.2) is 23.4 Å². The van der Waals surface area contributed by atoms with Crippen molar-refractivity contribution >= 4 is 11.8 Å². The zero-order chi connectivity index (χ0) is 12.2. The highest BCUT2D eigenvalue weighted by Crippen LogP contribution is 2.37. The molecule has 1 saturated carbocycles. The lowest BCUT2D eigenvalue weighted by Gasteiger charge is -2.22. The fourth-order valence-corrected chi connectivity index (χ4v) is 4.41. The minimum Gasteiger partial charge on any atom is -0.310 e. The third-order valence-corrected chi connectivity index (χ3v) is 5.44. The summed E-state index contributed by atoms with van der Waals surface area (Å²) in [5, 5.41) is 5.68. The van der Waals surface area contributed by atoms with Gasteiger partial charge >= 0.3 is 0 Å². The van der Waals surface area contributed by atoms with Crippen molar-refractivity contribution in [1.29, 1.82) is 0 Å². The number of hydrogen-bond acceptors (Lipinski definition) is 3. The van der Waals surface area contributed by atoms with E-state index >= 15 is 0 Å². The fraction of sp³-hybridized carbons (Fsp3) is 0.667. The molecule has 0 radical (unpaired) electrons. The highest BCUT2D eigenvalue weighted by Gasteiger charge is 2.22. The van der Waals surface area contributed by atoms with E-state index in [1.54, 1.807) is 0 Å². The molecule has 1 N–H and O–H groups in total. The summed E-state index contributed by atoms with van der Waals surface area (Å²) in [7, 11) is 0. The Morgan fingerprint density at radius 3 is 2.78 bits per heavy atom. The SMILES string of the molecule is c1cnc(SC2CCCCC2)c([C@@H]2CCCN2)c1. The monoisotopic (exact) mass is 262 g/mol. The van der Waals surface area contributed by atoms with Crippen LogP contribution in [0.4, 0.5) is 0 Å². The zero-order valence-corrected chi connectivity index (χ0v) is 11.7. The van der Waals surface area contributed by atoms with Gasteiger partial charge in [0.2, 0.25) is 0 Å². The average Bonchev–Trinajstić information content (AvgIpc) is 2.94. The average molecular weight is 262 g/mol. The van der Waals surface area contributed by atoms with E-state index in [1.807, 2.05) is 18.0 Å². The second kappa shape index (κ2) is 6.07. The van der Waals surface area contributed by atoms with Gasteiger partial charge in [-0.2, -0.15) is 0 Å². The minimum absolute atomic E-state index is 0.546. The molecule has 1 aromatic rings. The standard InChI is InChI=1S/C15H22N2S/c1-2-6-12(7-3-1)18-15-13(8-4-11-17-15)14-9-5-10-16-14/h4,8,11-12,14,16H,1-3,5-7,9-10H2/t14-/m0/s1. The molecule has 0 unspecified atom stereocenters. The predicted molar refractivity (Wildman–Crippen MR) is 76.9 cm³/mol. The van der Waals surface area contributed by atoms with Crippen LogP contribution < -0.4 is 5.32 Å². The van der Waals surface area contributed by atoms with Crippen LogP contribution in [0.5, 0.6) is 0 Å². The maximum atomic E-state index is 4.64. The third kappa shape index (κ3) is 2.89. The number of rotatable bonds is 3. The van der Waals surface area contributed by atoms with Crippen molar-refractivity contribution in [1.82, 2.24) is 10.3 Å². The molecule has 0 aromatic carbocycles. The van der Waals surface area contributed by atoms with E-state index in [-0.39, 0.29) is 0 Å². The highest BCUT2D eigenvalue weighted by atomic mass is 32.2. The second-order valence-corrected chi connectivity index (χ2v) is 6.71. The summed E-state index contributed by atoms with van der Waals surface area (Å²) in [6, 6.07) is 4.89. The van der Waals surface area contributed by atoms with Gasteiger partial charge in [-0.3, -0.25) is 0 Å². The molecular weight excluding hydrogens is 240 g/mol. The molecule has 1 aliphatic carbocycles. The number of nitrogens with one attached hydrogen (secondary N) is 1. The van der Waals surface area contributed by atoms with Gasteiger partial charge in [-0.15, -0.1) is 11.8 Å². The van der Waals surface area contributed by atoms with E-state index in [0.717, 1.165) is 11.8 Å². The van der Waals surface area contributed by atoms with Crippen molar-refractivity contribution in [3.05, 3.63) is 23.9 Å². The van der Waals surface area contributed by atoms with Crippen LogP contribution in [0.25, 0.3) is 0 Å². The Morgan fingerprint density at radius 1 is 1.11 bits per heavy atom. The first kappa shape index (κ1) is 12.5. The molecule has 0 amide bonds. The normalized spacial score (nSPS) is 25.4. The lowest BCUT2D eigenvalue weighted by molar-refractivity contribution is 0.515. The molecule has 2 nitrogen and oxygen atoms in total. The van der Waals surface area contributed by atoms with Gasteiger partial charge in [-0.1, -0.05) is 25.3 Å². The molecule has 2 fully saturated rings. The van der Waals surface area contributed by atoms with E-state index in [2.05, 4.69) is 22.4 Å². The first-order valence-corrected chi connectivity index (χ1v) is 8.16. The summed E-state index contributed by atoms with van der Waals surface area (Å²) in [5.41, 5.74) is 1.44. The van der Waals surface area contributed by atoms with Crippen molar-refractivity contribution < 1.29 is 0 Å². The summed E-state index contributed by atoms with van der Waals surface area (Å²) < 4.78 is 0. The summed E-state index contributed by atoms with van der Waals surface area (Å²) in [6.07, 6.45) is 11.5. The molecule has 3 rings (SSSR count). The maximum absolute atomic E-state index is 4.64. The van der Waals surface area contributed by atoms with Crippen molar-refractivity contribution in [2.45, 2.75) is 61.3 Å². The first-order chi connectivity index (χ1) is 8.93. The van der Waals surface area contributed by atoms with Gasteiger partial charge in [-0.05, 0) is 38.3 Å². The van der Waals surface area contributed by atoms with Gasteiger partial charge in [-0.25, -0.2) is 4.98 Å². The highest BCUT2D eigenvalue weighted by molar-refractivity contribution is 7.99. The summed E-state index contributed by atoms with van der Waals surface area (Å²) in [5.74, 6) is 0. The topological polar surface area (TPSA) is 24.9 Å². The van der Waals surface area contributed by atoms with Crippen molar-refractivity contribution in [3.8, 4) is 0 Å². The molecule has 2 aliphatic rings. The van der Waals surface area contributed by atoms with Crippen molar-refractivity contribution in [2.75, 3.05) is 6.54 Å². The lowest BCUT2D eigenvalue weighted by atomic mass is 10.0. The predicted octanol–water partition coefficient (Wildman–Crippen LogP) is 3.93.